The number of rotatable bonds is 7. The molecule has 0 unspecified atom stereocenters. The lowest BCUT2D eigenvalue weighted by atomic mass is 10.1. The molecule has 156 valence electrons. The number of phenolic OH excluding ortho intramolecular Hbond substituents is 1. The van der Waals surface area contributed by atoms with Crippen LogP contribution >= 0.6 is 0 Å². The Bertz CT molecular complexity index is 1350. The van der Waals surface area contributed by atoms with Crippen molar-refractivity contribution in [3.05, 3.63) is 71.8 Å². The van der Waals surface area contributed by atoms with Crippen LogP contribution in [0.4, 0.5) is 11.8 Å². The lowest BCUT2D eigenvalue weighted by Gasteiger charge is -2.08. The van der Waals surface area contributed by atoms with Crippen LogP contribution in [0.2, 0.25) is 0 Å². The molecule has 0 aliphatic heterocycles. The van der Waals surface area contributed by atoms with Crippen molar-refractivity contribution in [3.63, 3.8) is 0 Å². The Hall–Kier alpha value is -4.07. The second-order valence-corrected chi connectivity index (χ2v) is 7.51. The number of aromatic nitrogens is 5. The van der Waals surface area contributed by atoms with Crippen molar-refractivity contribution in [2.24, 2.45) is 0 Å². The van der Waals surface area contributed by atoms with E-state index in [1.54, 1.807) is 18.3 Å². The van der Waals surface area contributed by atoms with Crippen molar-refractivity contribution in [1.82, 2.24) is 24.9 Å². The maximum absolute atomic E-state index is 9.73. The normalized spacial score (nSPS) is 11.3. The van der Waals surface area contributed by atoms with Gasteiger partial charge in [-0.25, -0.2) is 9.97 Å². The third-order valence-electron chi connectivity index (χ3n) is 5.22. The Morgan fingerprint density at radius 2 is 1.90 bits per heavy atom. The van der Waals surface area contributed by atoms with Gasteiger partial charge in [-0.05, 0) is 60.9 Å². The third kappa shape index (κ3) is 4.13. The van der Waals surface area contributed by atoms with Gasteiger partial charge in [0.25, 0.3) is 0 Å². The predicted octanol–water partition coefficient (Wildman–Crippen LogP) is 4.11. The Morgan fingerprint density at radius 3 is 2.84 bits per heavy atom. The van der Waals surface area contributed by atoms with Crippen LogP contribution in [0, 0.1) is 6.92 Å². The van der Waals surface area contributed by atoms with Crippen molar-refractivity contribution in [3.8, 4) is 5.75 Å². The first kappa shape index (κ1) is 18.9. The molecule has 5 aromatic rings. The van der Waals surface area contributed by atoms with Crippen LogP contribution in [0.25, 0.3) is 21.9 Å². The third-order valence-corrected chi connectivity index (χ3v) is 5.22. The van der Waals surface area contributed by atoms with Gasteiger partial charge in [0.15, 0.2) is 0 Å². The van der Waals surface area contributed by atoms with Gasteiger partial charge in [-0.3, -0.25) is 0 Å². The molecular formula is C23H23N7O. The second-order valence-electron chi connectivity index (χ2n) is 7.51. The summed E-state index contributed by atoms with van der Waals surface area (Å²) < 4.78 is 0. The number of hydrogen-bond acceptors (Lipinski definition) is 6. The molecule has 8 heteroatoms. The number of H-pyrrole nitrogens is 2. The molecule has 3 aromatic heterocycles. The number of hydrogen-bond donors (Lipinski definition) is 5. The second kappa shape index (κ2) is 7.98. The lowest BCUT2D eigenvalue weighted by Crippen LogP contribution is -2.09. The van der Waals surface area contributed by atoms with E-state index in [-0.39, 0.29) is 5.75 Å². The van der Waals surface area contributed by atoms with Gasteiger partial charge in [0, 0.05) is 36.4 Å². The molecular weight excluding hydrogens is 390 g/mol. The van der Waals surface area contributed by atoms with E-state index in [9.17, 15) is 5.11 Å². The van der Waals surface area contributed by atoms with Gasteiger partial charge in [-0.1, -0.05) is 6.07 Å². The highest BCUT2D eigenvalue weighted by Crippen LogP contribution is 2.23. The minimum atomic E-state index is 0.269. The van der Waals surface area contributed by atoms with E-state index < -0.39 is 0 Å². The zero-order chi connectivity index (χ0) is 21.2. The fraction of sp³-hybridized carbons (Fsp3) is 0.174. The summed E-state index contributed by atoms with van der Waals surface area (Å²) in [6, 6.07) is 13.4. The molecule has 0 aliphatic rings. The molecule has 2 aromatic carbocycles. The quantitative estimate of drug-likeness (QED) is 0.274. The summed E-state index contributed by atoms with van der Waals surface area (Å²) in [7, 11) is 0. The zero-order valence-electron chi connectivity index (χ0n) is 17.1. The van der Waals surface area contributed by atoms with Crippen molar-refractivity contribution in [1.29, 1.82) is 0 Å². The highest BCUT2D eigenvalue weighted by Gasteiger charge is 2.06. The van der Waals surface area contributed by atoms with E-state index in [0.29, 0.717) is 19.0 Å². The summed E-state index contributed by atoms with van der Waals surface area (Å²) in [6.45, 7) is 3.29. The Morgan fingerprint density at radius 1 is 1.00 bits per heavy atom. The van der Waals surface area contributed by atoms with Gasteiger partial charge in [-0.15, -0.1) is 0 Å². The van der Waals surface area contributed by atoms with Gasteiger partial charge in [-0.2, -0.15) is 4.98 Å². The molecule has 5 rings (SSSR count). The average molecular weight is 413 g/mol. The number of nitrogens with one attached hydrogen (secondary N) is 4. The SMILES string of the molecule is Cc1nc2cc(CNc3ccnc(NCCc4c[nH]c5ccc(O)cc45)n3)ccc2[nH]1. The van der Waals surface area contributed by atoms with Gasteiger partial charge >= 0.3 is 0 Å². The van der Waals surface area contributed by atoms with E-state index >= 15 is 0 Å². The van der Waals surface area contributed by atoms with E-state index in [1.807, 2.05) is 31.3 Å². The molecule has 0 fully saturated rings. The van der Waals surface area contributed by atoms with Gasteiger partial charge < -0.3 is 25.7 Å². The number of aromatic hydroxyl groups is 1. The maximum atomic E-state index is 9.73. The number of imidazole rings is 1. The smallest absolute Gasteiger partial charge is 0.224 e. The van der Waals surface area contributed by atoms with Crippen LogP contribution in [0.5, 0.6) is 5.75 Å². The summed E-state index contributed by atoms with van der Waals surface area (Å²) in [5, 5.41) is 17.4. The Balaban J connectivity index is 1.20. The predicted molar refractivity (Wildman–Crippen MR) is 122 cm³/mol. The lowest BCUT2D eigenvalue weighted by molar-refractivity contribution is 0.476. The average Bonchev–Trinajstić information content (AvgIpc) is 3.34. The summed E-state index contributed by atoms with van der Waals surface area (Å²) >= 11 is 0. The maximum Gasteiger partial charge on any atom is 0.224 e. The van der Waals surface area contributed by atoms with Crippen molar-refractivity contribution in [2.75, 3.05) is 17.2 Å². The van der Waals surface area contributed by atoms with E-state index in [2.05, 4.69) is 47.7 Å². The van der Waals surface area contributed by atoms with Gasteiger partial charge in [0.1, 0.15) is 17.4 Å². The number of anilines is 2. The molecule has 31 heavy (non-hydrogen) atoms. The van der Waals surface area contributed by atoms with Crippen LogP contribution in [-0.4, -0.2) is 36.6 Å². The van der Waals surface area contributed by atoms with E-state index in [1.165, 1.54) is 0 Å². The zero-order valence-corrected chi connectivity index (χ0v) is 17.1. The number of nitrogens with zero attached hydrogens (tertiary/aromatic N) is 3. The van der Waals surface area contributed by atoms with E-state index in [4.69, 9.17) is 0 Å². The van der Waals surface area contributed by atoms with Crippen LogP contribution in [-0.2, 0) is 13.0 Å². The van der Waals surface area contributed by atoms with Crippen LogP contribution in [0.3, 0.4) is 0 Å². The van der Waals surface area contributed by atoms with Crippen molar-refractivity contribution >= 4 is 33.7 Å². The Labute approximate surface area is 178 Å². The molecule has 0 saturated heterocycles. The van der Waals surface area contributed by atoms with Crippen LogP contribution in [0.1, 0.15) is 17.0 Å². The minimum Gasteiger partial charge on any atom is -0.508 e. The largest absolute Gasteiger partial charge is 0.508 e. The standard InChI is InChI=1S/C23H23N7O/c1-14-28-20-4-2-15(10-21(20)29-14)12-27-22-7-9-25-23(30-22)24-8-6-16-13-26-19-5-3-17(31)11-18(16)19/h2-5,7,9-11,13,26,31H,6,8,12H2,1H3,(H,28,29)(H2,24,25,27,30). The summed E-state index contributed by atoms with van der Waals surface area (Å²) in [5.41, 5.74) is 5.29. The van der Waals surface area contributed by atoms with Gasteiger partial charge in [0.05, 0.1) is 11.0 Å². The minimum absolute atomic E-state index is 0.269. The molecule has 0 spiro atoms. The molecule has 0 radical (unpaired) electrons. The van der Waals surface area contributed by atoms with E-state index in [0.717, 1.165) is 51.1 Å². The molecule has 5 N–H and O–H groups in total. The molecule has 0 aliphatic carbocycles. The molecule has 0 saturated carbocycles. The van der Waals surface area contributed by atoms with Crippen molar-refractivity contribution in [2.45, 2.75) is 19.9 Å². The number of fused-ring (bicyclic) bond motifs is 2. The number of aryl methyl sites for hydroxylation is 1. The molecule has 0 atom stereocenters. The number of benzene rings is 2. The van der Waals surface area contributed by atoms with Gasteiger partial charge in [0.2, 0.25) is 5.95 Å². The summed E-state index contributed by atoms with van der Waals surface area (Å²) in [6.07, 6.45) is 4.50. The molecule has 0 amide bonds. The summed E-state index contributed by atoms with van der Waals surface area (Å²) in [4.78, 5) is 19.8. The first-order valence-corrected chi connectivity index (χ1v) is 10.2. The van der Waals surface area contributed by atoms with Crippen LogP contribution in [0.15, 0.2) is 54.9 Å². The van der Waals surface area contributed by atoms with Crippen molar-refractivity contribution < 1.29 is 5.11 Å². The first-order chi connectivity index (χ1) is 15.1. The monoisotopic (exact) mass is 413 g/mol. The van der Waals surface area contributed by atoms with Crippen LogP contribution < -0.4 is 10.6 Å². The number of aromatic amines is 2. The fourth-order valence-electron chi connectivity index (χ4n) is 3.71. The highest BCUT2D eigenvalue weighted by atomic mass is 16.3. The highest BCUT2D eigenvalue weighted by molar-refractivity contribution is 5.84. The topological polar surface area (TPSA) is 115 Å². The number of phenols is 1. The Kier molecular flexibility index (Phi) is 4.87. The first-order valence-electron chi connectivity index (χ1n) is 10.2. The molecule has 8 nitrogen and oxygen atoms in total. The molecule has 0 bridgehead atoms. The molecule has 3 heterocycles. The summed E-state index contributed by atoms with van der Waals surface area (Å²) in [5.74, 6) is 2.51. The fourth-order valence-corrected chi connectivity index (χ4v) is 3.71.